The van der Waals surface area contributed by atoms with Gasteiger partial charge in [0.05, 0.1) is 27.7 Å². The highest BCUT2D eigenvalue weighted by Gasteiger charge is 2.09. The van der Waals surface area contributed by atoms with Crippen LogP contribution in [0.3, 0.4) is 0 Å². The number of aliphatic hydroxyl groups excluding tert-OH is 1. The highest BCUT2D eigenvalue weighted by atomic mass is 16.5. The Morgan fingerprint density at radius 2 is 1.78 bits per heavy atom. The lowest BCUT2D eigenvalue weighted by molar-refractivity contribution is -0.873. The number of carbonyl (C=O) groups excluding carboxylic acids is 1. The molecule has 0 bridgehead atoms. The van der Waals surface area contributed by atoms with Gasteiger partial charge in [0, 0.05) is 6.42 Å². The summed E-state index contributed by atoms with van der Waals surface area (Å²) in [7, 11) is 6.19. The zero-order chi connectivity index (χ0) is 14.6. The summed E-state index contributed by atoms with van der Waals surface area (Å²) in [5.74, 6) is -0.0593. The van der Waals surface area contributed by atoms with Gasteiger partial charge in [-0.1, -0.05) is 19.8 Å². The van der Waals surface area contributed by atoms with Crippen LogP contribution in [0.25, 0.3) is 0 Å². The molecule has 18 heavy (non-hydrogen) atoms. The highest BCUT2D eigenvalue weighted by Crippen LogP contribution is 1.99. The first-order chi connectivity index (χ1) is 8.22. The van der Waals surface area contributed by atoms with Crippen LogP contribution in [0.15, 0.2) is 0 Å². The van der Waals surface area contributed by atoms with Gasteiger partial charge in [0.1, 0.15) is 12.6 Å². The van der Waals surface area contributed by atoms with Crippen molar-refractivity contribution in [3.63, 3.8) is 0 Å². The lowest BCUT2D eigenvalue weighted by atomic mass is 10.2. The second-order valence-corrected chi connectivity index (χ2v) is 5.58. The Labute approximate surface area is 113 Å². The van der Waals surface area contributed by atoms with Gasteiger partial charge in [-0.25, -0.2) is 0 Å². The van der Waals surface area contributed by atoms with Crippen molar-refractivity contribution in [1.29, 1.82) is 0 Å². The van der Waals surface area contributed by atoms with Gasteiger partial charge in [0.25, 0.3) is 0 Å². The van der Waals surface area contributed by atoms with Crippen molar-refractivity contribution in [3.05, 3.63) is 0 Å². The fourth-order valence-electron chi connectivity index (χ4n) is 1.55. The Morgan fingerprint density at radius 1 is 1.22 bits per heavy atom. The van der Waals surface area contributed by atoms with E-state index in [1.54, 1.807) is 0 Å². The predicted octanol–water partition coefficient (Wildman–Crippen LogP) is 2.20. The fourth-order valence-corrected chi connectivity index (χ4v) is 1.55. The number of quaternary nitrogens is 1. The van der Waals surface area contributed by atoms with Crippen LogP contribution in [0, 0.1) is 0 Å². The summed E-state index contributed by atoms with van der Waals surface area (Å²) >= 11 is 0. The zero-order valence-corrected chi connectivity index (χ0v) is 13.0. The van der Waals surface area contributed by atoms with Crippen LogP contribution in [0.2, 0.25) is 0 Å². The Bertz CT molecular complexity index is 198. The summed E-state index contributed by atoms with van der Waals surface area (Å²) in [6, 6.07) is 0. The van der Waals surface area contributed by atoms with E-state index in [4.69, 9.17) is 9.84 Å². The molecule has 1 atom stereocenters. The number of likely N-dealkylation sites (N-methyl/N-ethyl adjacent to an activating group) is 1. The first kappa shape index (κ1) is 19.7. The van der Waals surface area contributed by atoms with Gasteiger partial charge in [0.15, 0.2) is 0 Å². The molecule has 0 spiro atoms. The maximum atomic E-state index is 10.7. The van der Waals surface area contributed by atoms with Gasteiger partial charge in [-0.05, 0) is 20.3 Å². The van der Waals surface area contributed by atoms with Gasteiger partial charge in [-0.3, -0.25) is 4.79 Å². The highest BCUT2D eigenvalue weighted by molar-refractivity contribution is 5.69. The first-order valence-electron chi connectivity index (χ1n) is 6.87. The molecule has 0 saturated carbocycles. The molecule has 4 heteroatoms. The number of hydrogen-bond donors (Lipinski definition) is 1. The van der Waals surface area contributed by atoms with Gasteiger partial charge >= 0.3 is 5.97 Å². The molecule has 0 radical (unpaired) electrons. The van der Waals surface area contributed by atoms with Crippen LogP contribution >= 0.6 is 0 Å². The molecule has 0 amide bonds. The molecule has 0 aliphatic carbocycles. The lowest BCUT2D eigenvalue weighted by Crippen LogP contribution is -2.40. The molecular formula is C14H32NO3+. The third-order valence-electron chi connectivity index (χ3n) is 2.10. The van der Waals surface area contributed by atoms with Crippen molar-refractivity contribution in [2.45, 2.75) is 52.6 Å². The van der Waals surface area contributed by atoms with Gasteiger partial charge in [-0.2, -0.15) is 0 Å². The number of rotatable bonds is 7. The summed E-state index contributed by atoms with van der Waals surface area (Å²) in [6.07, 6.45) is 3.64. The predicted molar refractivity (Wildman–Crippen MR) is 75.4 cm³/mol. The molecule has 0 saturated heterocycles. The zero-order valence-electron chi connectivity index (χ0n) is 13.0. The third kappa shape index (κ3) is 20.8. The molecule has 4 nitrogen and oxygen atoms in total. The van der Waals surface area contributed by atoms with E-state index in [1.165, 1.54) is 0 Å². The molecule has 0 heterocycles. The van der Waals surface area contributed by atoms with Crippen molar-refractivity contribution < 1.29 is 19.1 Å². The maximum Gasteiger partial charge on any atom is 0.305 e. The van der Waals surface area contributed by atoms with Crippen LogP contribution in [0.5, 0.6) is 0 Å². The van der Waals surface area contributed by atoms with E-state index in [0.29, 0.717) is 13.0 Å². The minimum Gasteiger partial charge on any atom is -0.466 e. The lowest BCUT2D eigenvalue weighted by Gasteiger charge is -2.24. The molecule has 1 N–H and O–H groups in total. The Hall–Kier alpha value is -0.610. The van der Waals surface area contributed by atoms with Crippen molar-refractivity contribution in [1.82, 2.24) is 0 Å². The molecule has 0 fully saturated rings. The molecule has 0 aromatic rings. The number of nitrogens with zero attached hydrogens (tertiary/aromatic N) is 1. The topological polar surface area (TPSA) is 46.5 Å². The summed E-state index contributed by atoms with van der Waals surface area (Å²) < 4.78 is 5.58. The Balaban J connectivity index is 0. The van der Waals surface area contributed by atoms with Gasteiger partial charge in [0.2, 0.25) is 0 Å². The fraction of sp³-hybridized carbons (Fsp3) is 0.929. The largest absolute Gasteiger partial charge is 0.466 e. The number of aliphatic hydroxyl groups is 1. The molecule has 0 aromatic carbocycles. The third-order valence-corrected chi connectivity index (χ3v) is 2.10. The second kappa shape index (κ2) is 11.5. The molecule has 1 unspecified atom stereocenters. The molecule has 110 valence electrons. The maximum absolute atomic E-state index is 10.7. The van der Waals surface area contributed by atoms with E-state index >= 15 is 0 Å². The summed E-state index contributed by atoms with van der Waals surface area (Å²) in [6.45, 7) is 7.08. The molecular weight excluding hydrogens is 230 g/mol. The van der Waals surface area contributed by atoms with Crippen molar-refractivity contribution in [3.8, 4) is 0 Å². The SMILES string of the molecule is CC(O)C[N+](C)(C)C.CCCCCC(=O)OCC. The van der Waals surface area contributed by atoms with Crippen LogP contribution in [0.4, 0.5) is 0 Å². The number of ether oxygens (including phenoxy) is 1. The van der Waals surface area contributed by atoms with Crippen LogP contribution in [-0.4, -0.2) is 56.0 Å². The second-order valence-electron chi connectivity index (χ2n) is 5.58. The van der Waals surface area contributed by atoms with E-state index in [2.05, 4.69) is 28.1 Å². The number of carbonyl (C=O) groups is 1. The van der Waals surface area contributed by atoms with E-state index in [9.17, 15) is 4.79 Å². The standard InChI is InChI=1S/C8H16O2.C6H16NO/c1-3-5-6-7-8(9)10-4-2;1-6(8)5-7(2,3)4/h3-7H2,1-2H3;6,8H,5H2,1-4H3/q;+1. The minimum atomic E-state index is -0.185. The Morgan fingerprint density at radius 3 is 2.06 bits per heavy atom. The molecule has 0 aliphatic rings. The smallest absolute Gasteiger partial charge is 0.305 e. The van der Waals surface area contributed by atoms with Crippen LogP contribution in [-0.2, 0) is 9.53 Å². The summed E-state index contributed by atoms with van der Waals surface area (Å²) in [4.78, 5) is 10.7. The summed E-state index contributed by atoms with van der Waals surface area (Å²) in [5.41, 5.74) is 0. The summed E-state index contributed by atoms with van der Waals surface area (Å²) in [5, 5.41) is 8.87. The van der Waals surface area contributed by atoms with Crippen LogP contribution in [0.1, 0.15) is 46.5 Å². The average Bonchev–Trinajstić information content (AvgIpc) is 2.15. The van der Waals surface area contributed by atoms with E-state index < -0.39 is 0 Å². The van der Waals surface area contributed by atoms with Crippen molar-refractivity contribution in [2.75, 3.05) is 34.3 Å². The number of esters is 1. The Kier molecular flexibility index (Phi) is 12.6. The van der Waals surface area contributed by atoms with Crippen LogP contribution < -0.4 is 0 Å². The number of unbranched alkanes of at least 4 members (excludes halogenated alkanes) is 2. The molecule has 0 aliphatic heterocycles. The first-order valence-corrected chi connectivity index (χ1v) is 6.87. The molecule has 0 rings (SSSR count). The van der Waals surface area contributed by atoms with Gasteiger partial charge in [-0.15, -0.1) is 0 Å². The monoisotopic (exact) mass is 262 g/mol. The average molecular weight is 262 g/mol. The van der Waals surface area contributed by atoms with Gasteiger partial charge < -0.3 is 14.3 Å². The number of hydrogen-bond acceptors (Lipinski definition) is 3. The van der Waals surface area contributed by atoms with E-state index in [-0.39, 0.29) is 12.1 Å². The van der Waals surface area contributed by atoms with E-state index in [1.807, 2.05) is 13.8 Å². The van der Waals surface area contributed by atoms with E-state index in [0.717, 1.165) is 30.3 Å². The van der Waals surface area contributed by atoms with Crippen molar-refractivity contribution >= 4 is 5.97 Å². The minimum absolute atomic E-state index is 0.0593. The quantitative estimate of drug-likeness (QED) is 0.435. The molecule has 0 aromatic heterocycles. The van der Waals surface area contributed by atoms with Crippen molar-refractivity contribution in [2.24, 2.45) is 0 Å². The normalized spacial score (nSPS) is 12.4.